The summed E-state index contributed by atoms with van der Waals surface area (Å²) in [5.74, 6) is 1.65. The summed E-state index contributed by atoms with van der Waals surface area (Å²) in [6, 6.07) is 8.49. The maximum absolute atomic E-state index is 4.21. The highest BCUT2D eigenvalue weighted by Crippen LogP contribution is 2.19. The molecule has 21 heavy (non-hydrogen) atoms. The highest BCUT2D eigenvalue weighted by atomic mass is 79.9. The molecule has 0 saturated carbocycles. The van der Waals surface area contributed by atoms with Crippen LogP contribution in [0.4, 0.5) is 5.95 Å². The van der Waals surface area contributed by atoms with Crippen LogP contribution in [0.2, 0.25) is 0 Å². The van der Waals surface area contributed by atoms with E-state index in [0.29, 0.717) is 0 Å². The third kappa shape index (κ3) is 4.04. The Morgan fingerprint density at radius 1 is 1.24 bits per heavy atom. The van der Waals surface area contributed by atoms with E-state index in [1.165, 1.54) is 18.4 Å². The van der Waals surface area contributed by atoms with Crippen LogP contribution in [0.1, 0.15) is 18.4 Å². The van der Waals surface area contributed by atoms with E-state index < -0.39 is 0 Å². The minimum Gasteiger partial charge on any atom is -0.341 e. The molecule has 0 spiro atoms. The topological polar surface area (TPSA) is 56.8 Å². The Labute approximate surface area is 133 Å². The van der Waals surface area contributed by atoms with Crippen molar-refractivity contribution in [3.63, 3.8) is 0 Å². The Morgan fingerprint density at radius 2 is 2.00 bits per heavy atom. The number of benzene rings is 1. The maximum Gasteiger partial charge on any atom is 0.221 e. The molecule has 112 valence electrons. The van der Waals surface area contributed by atoms with Crippen LogP contribution in [0.3, 0.4) is 0 Å². The summed E-state index contributed by atoms with van der Waals surface area (Å²) >= 11 is 3.46. The SMILES string of the molecule is Brc1ccc(CNCC2CCN(c3ncn[nH]3)CC2)cc1. The van der Waals surface area contributed by atoms with E-state index in [2.05, 4.69) is 65.6 Å². The Bertz CT molecular complexity index is 532. The van der Waals surface area contributed by atoms with Crippen LogP contribution in [0.15, 0.2) is 35.1 Å². The molecule has 0 aliphatic carbocycles. The number of nitrogens with zero attached hydrogens (tertiary/aromatic N) is 3. The van der Waals surface area contributed by atoms with Crippen LogP contribution < -0.4 is 10.2 Å². The smallest absolute Gasteiger partial charge is 0.221 e. The van der Waals surface area contributed by atoms with Crippen LogP contribution in [0.5, 0.6) is 0 Å². The second kappa shape index (κ2) is 7.04. The van der Waals surface area contributed by atoms with Crippen LogP contribution in [-0.2, 0) is 6.54 Å². The lowest BCUT2D eigenvalue weighted by atomic mass is 9.97. The first kappa shape index (κ1) is 14.5. The highest BCUT2D eigenvalue weighted by Gasteiger charge is 2.20. The van der Waals surface area contributed by atoms with Gasteiger partial charge in [0.05, 0.1) is 0 Å². The Balaban J connectivity index is 1.38. The van der Waals surface area contributed by atoms with Crippen molar-refractivity contribution in [2.45, 2.75) is 19.4 Å². The van der Waals surface area contributed by atoms with Gasteiger partial charge >= 0.3 is 0 Å². The van der Waals surface area contributed by atoms with Crippen molar-refractivity contribution in [1.82, 2.24) is 20.5 Å². The number of anilines is 1. The molecule has 2 aromatic rings. The zero-order valence-corrected chi connectivity index (χ0v) is 13.5. The first-order valence-electron chi connectivity index (χ1n) is 7.37. The zero-order valence-electron chi connectivity index (χ0n) is 11.9. The molecule has 1 fully saturated rings. The summed E-state index contributed by atoms with van der Waals surface area (Å²) in [5, 5.41) is 10.4. The quantitative estimate of drug-likeness (QED) is 0.870. The van der Waals surface area contributed by atoms with Crippen LogP contribution in [0, 0.1) is 5.92 Å². The van der Waals surface area contributed by atoms with Gasteiger partial charge in [0.15, 0.2) is 0 Å². The minimum atomic E-state index is 0.750. The Kier molecular flexibility index (Phi) is 4.87. The number of aromatic nitrogens is 3. The fourth-order valence-electron chi connectivity index (χ4n) is 2.72. The molecule has 0 amide bonds. The molecule has 0 radical (unpaired) electrons. The number of H-pyrrole nitrogens is 1. The van der Waals surface area contributed by atoms with E-state index in [1.54, 1.807) is 6.33 Å². The number of piperidine rings is 1. The van der Waals surface area contributed by atoms with Crippen LogP contribution >= 0.6 is 15.9 Å². The van der Waals surface area contributed by atoms with Gasteiger partial charge in [-0.15, -0.1) is 0 Å². The second-order valence-electron chi connectivity index (χ2n) is 5.50. The summed E-state index contributed by atoms with van der Waals surface area (Å²) in [4.78, 5) is 6.49. The largest absolute Gasteiger partial charge is 0.341 e. The van der Waals surface area contributed by atoms with E-state index in [4.69, 9.17) is 0 Å². The first-order valence-corrected chi connectivity index (χ1v) is 8.16. The van der Waals surface area contributed by atoms with Gasteiger partial charge in [0, 0.05) is 24.1 Å². The third-order valence-corrected chi connectivity index (χ3v) is 4.52. The molecule has 0 unspecified atom stereocenters. The zero-order chi connectivity index (χ0) is 14.5. The van der Waals surface area contributed by atoms with Gasteiger partial charge in [-0.1, -0.05) is 28.1 Å². The van der Waals surface area contributed by atoms with E-state index in [9.17, 15) is 0 Å². The van der Waals surface area contributed by atoms with Crippen molar-refractivity contribution in [3.8, 4) is 0 Å². The summed E-state index contributed by atoms with van der Waals surface area (Å²) < 4.78 is 1.13. The predicted molar refractivity (Wildman–Crippen MR) is 87.2 cm³/mol. The molecule has 2 heterocycles. The normalized spacial score (nSPS) is 16.3. The van der Waals surface area contributed by atoms with Gasteiger partial charge < -0.3 is 10.2 Å². The highest BCUT2D eigenvalue weighted by molar-refractivity contribution is 9.10. The molecule has 2 N–H and O–H groups in total. The summed E-state index contributed by atoms with van der Waals surface area (Å²) in [6.45, 7) is 4.13. The van der Waals surface area contributed by atoms with Crippen molar-refractivity contribution < 1.29 is 0 Å². The van der Waals surface area contributed by atoms with Gasteiger partial charge in [-0.05, 0) is 43.0 Å². The average molecular weight is 350 g/mol. The van der Waals surface area contributed by atoms with Crippen molar-refractivity contribution in [3.05, 3.63) is 40.6 Å². The second-order valence-corrected chi connectivity index (χ2v) is 6.41. The summed E-state index contributed by atoms with van der Waals surface area (Å²) in [5.41, 5.74) is 1.33. The fourth-order valence-corrected chi connectivity index (χ4v) is 2.99. The van der Waals surface area contributed by atoms with E-state index in [0.717, 1.165) is 42.5 Å². The maximum atomic E-state index is 4.21. The molecule has 1 aromatic carbocycles. The molecule has 0 bridgehead atoms. The van der Waals surface area contributed by atoms with Gasteiger partial charge in [0.1, 0.15) is 6.33 Å². The lowest BCUT2D eigenvalue weighted by Crippen LogP contribution is -2.37. The molecule has 1 aliphatic rings. The summed E-state index contributed by atoms with van der Waals surface area (Å²) in [7, 11) is 0. The molecule has 6 heteroatoms. The van der Waals surface area contributed by atoms with Gasteiger partial charge in [-0.3, -0.25) is 0 Å². The minimum absolute atomic E-state index is 0.750. The van der Waals surface area contributed by atoms with Gasteiger partial charge in [0.2, 0.25) is 5.95 Å². The van der Waals surface area contributed by atoms with E-state index in [1.807, 2.05) is 0 Å². The van der Waals surface area contributed by atoms with E-state index in [-0.39, 0.29) is 0 Å². The Morgan fingerprint density at radius 3 is 2.67 bits per heavy atom. The van der Waals surface area contributed by atoms with Crippen molar-refractivity contribution in [2.24, 2.45) is 5.92 Å². The molecule has 1 aliphatic heterocycles. The number of nitrogens with one attached hydrogen (secondary N) is 2. The van der Waals surface area contributed by atoms with E-state index >= 15 is 0 Å². The molecular weight excluding hydrogens is 330 g/mol. The van der Waals surface area contributed by atoms with Gasteiger partial charge in [-0.2, -0.15) is 10.1 Å². The number of halogens is 1. The third-order valence-electron chi connectivity index (χ3n) is 3.99. The molecular formula is C15H20BrN5. The fraction of sp³-hybridized carbons (Fsp3) is 0.467. The molecule has 1 saturated heterocycles. The molecule has 0 atom stereocenters. The molecule has 3 rings (SSSR count). The van der Waals surface area contributed by atoms with Gasteiger partial charge in [0.25, 0.3) is 0 Å². The molecule has 5 nitrogen and oxygen atoms in total. The first-order chi connectivity index (χ1) is 10.3. The predicted octanol–water partition coefficient (Wildman–Crippen LogP) is 2.57. The number of hydrogen-bond donors (Lipinski definition) is 2. The van der Waals surface area contributed by atoms with Crippen LogP contribution in [0.25, 0.3) is 0 Å². The monoisotopic (exact) mass is 349 g/mol. The van der Waals surface area contributed by atoms with Crippen molar-refractivity contribution in [2.75, 3.05) is 24.5 Å². The van der Waals surface area contributed by atoms with Crippen molar-refractivity contribution in [1.29, 1.82) is 0 Å². The Hall–Kier alpha value is -1.40. The lowest BCUT2D eigenvalue weighted by molar-refractivity contribution is 0.380. The summed E-state index contributed by atoms with van der Waals surface area (Å²) in [6.07, 6.45) is 3.98. The molecule has 1 aromatic heterocycles. The number of rotatable bonds is 5. The number of hydrogen-bond acceptors (Lipinski definition) is 4. The lowest BCUT2D eigenvalue weighted by Gasteiger charge is -2.31. The standard InChI is InChI=1S/C15H20BrN5/c16-14-3-1-12(2-4-14)9-17-10-13-5-7-21(8-6-13)15-18-11-19-20-15/h1-4,11,13,17H,5-10H2,(H,18,19,20). The number of aromatic amines is 1. The average Bonchev–Trinajstić information content (AvgIpc) is 3.04. The van der Waals surface area contributed by atoms with Gasteiger partial charge in [-0.25, -0.2) is 5.10 Å². The van der Waals surface area contributed by atoms with Crippen molar-refractivity contribution >= 4 is 21.9 Å². The van der Waals surface area contributed by atoms with Crippen LogP contribution in [-0.4, -0.2) is 34.8 Å².